The third-order valence-electron chi connectivity index (χ3n) is 2.85. The molecule has 0 rings (SSSR count). The minimum atomic E-state index is -0.823. The van der Waals surface area contributed by atoms with Crippen molar-refractivity contribution >= 4 is 11.7 Å². The number of amides is 1. The first-order valence-electron chi connectivity index (χ1n) is 5.92. The summed E-state index contributed by atoms with van der Waals surface area (Å²) >= 11 is 0. The van der Waals surface area contributed by atoms with Gasteiger partial charge in [-0.15, -0.1) is 0 Å². The van der Waals surface area contributed by atoms with Gasteiger partial charge in [0.2, 0.25) is 5.91 Å². The first kappa shape index (κ1) is 16.7. The average Bonchev–Trinajstić information content (AvgIpc) is 2.40. The summed E-state index contributed by atoms with van der Waals surface area (Å²) in [6.07, 6.45) is 1.06. The van der Waals surface area contributed by atoms with Crippen LogP contribution in [0.1, 0.15) is 26.7 Å². The molecule has 0 unspecified atom stereocenters. The number of carbonyl (C=O) groups excluding carboxylic acids is 1. The zero-order chi connectivity index (χ0) is 14.0. The zero-order valence-corrected chi connectivity index (χ0v) is 11.2. The first-order chi connectivity index (χ1) is 8.56. The number of nitrogens with one attached hydrogen (secondary N) is 1. The molecule has 0 saturated carbocycles. The normalized spacial score (nSPS) is 12.5. The van der Waals surface area contributed by atoms with E-state index in [1.54, 1.807) is 7.11 Å². The van der Waals surface area contributed by atoms with Crippen molar-refractivity contribution in [1.82, 2.24) is 5.32 Å². The monoisotopic (exact) mass is 261 g/mol. The van der Waals surface area contributed by atoms with Gasteiger partial charge in [0.25, 0.3) is 0 Å². The molecule has 0 bridgehead atoms. The van der Waals surface area contributed by atoms with Crippen molar-refractivity contribution in [2.24, 2.45) is 10.9 Å². The maximum absolute atomic E-state index is 11.7. The third-order valence-corrected chi connectivity index (χ3v) is 2.85. The van der Waals surface area contributed by atoms with E-state index in [1.807, 2.05) is 13.8 Å². The lowest BCUT2D eigenvalue weighted by Crippen LogP contribution is -2.57. The second-order valence-corrected chi connectivity index (χ2v) is 3.87. The molecule has 0 radical (unpaired) electrons. The van der Waals surface area contributed by atoms with Crippen LogP contribution < -0.4 is 11.1 Å². The van der Waals surface area contributed by atoms with Crippen LogP contribution in [-0.2, 0) is 14.3 Å². The van der Waals surface area contributed by atoms with Crippen LogP contribution in [0.4, 0.5) is 0 Å². The molecule has 0 aliphatic carbocycles. The number of amidine groups is 1. The standard InChI is InChI=1S/C11H23N3O4/c1-4-11(5-2,10(12)14-16)13-9(15)8-18-7-6-17-3/h16H,4-8H2,1-3H3,(H2,12,14)(H,13,15). The highest BCUT2D eigenvalue weighted by molar-refractivity contribution is 5.94. The van der Waals surface area contributed by atoms with Crippen LogP contribution in [0.15, 0.2) is 5.16 Å². The maximum Gasteiger partial charge on any atom is 0.246 e. The van der Waals surface area contributed by atoms with Crippen molar-refractivity contribution < 1.29 is 19.5 Å². The van der Waals surface area contributed by atoms with Crippen molar-refractivity contribution in [2.45, 2.75) is 32.2 Å². The van der Waals surface area contributed by atoms with Crippen molar-refractivity contribution in [3.05, 3.63) is 0 Å². The predicted octanol–water partition coefficient (Wildman–Crippen LogP) is 0.0708. The summed E-state index contributed by atoms with van der Waals surface area (Å²) in [7, 11) is 1.56. The van der Waals surface area contributed by atoms with Gasteiger partial charge in [-0.1, -0.05) is 19.0 Å². The van der Waals surface area contributed by atoms with E-state index in [9.17, 15) is 4.79 Å². The lowest BCUT2D eigenvalue weighted by atomic mass is 9.91. The van der Waals surface area contributed by atoms with E-state index in [4.69, 9.17) is 20.4 Å². The Balaban J connectivity index is 4.37. The number of methoxy groups -OCH3 is 1. The van der Waals surface area contributed by atoms with Crippen LogP contribution in [0.5, 0.6) is 0 Å². The van der Waals surface area contributed by atoms with Crippen molar-refractivity contribution in [3.8, 4) is 0 Å². The molecule has 0 heterocycles. The van der Waals surface area contributed by atoms with E-state index in [2.05, 4.69) is 10.5 Å². The fourth-order valence-electron chi connectivity index (χ4n) is 1.56. The van der Waals surface area contributed by atoms with Gasteiger partial charge >= 0.3 is 0 Å². The molecule has 106 valence electrons. The predicted molar refractivity (Wildman–Crippen MR) is 67.6 cm³/mol. The molecule has 0 atom stereocenters. The molecule has 7 nitrogen and oxygen atoms in total. The van der Waals surface area contributed by atoms with Crippen LogP contribution in [0.3, 0.4) is 0 Å². The highest BCUT2D eigenvalue weighted by atomic mass is 16.5. The third kappa shape index (κ3) is 4.89. The number of oxime groups is 1. The van der Waals surface area contributed by atoms with Gasteiger partial charge in [-0.05, 0) is 12.8 Å². The Bertz CT molecular complexity index is 277. The molecule has 0 aromatic carbocycles. The second kappa shape index (κ2) is 8.71. The maximum atomic E-state index is 11.7. The Morgan fingerprint density at radius 1 is 1.39 bits per heavy atom. The first-order valence-corrected chi connectivity index (χ1v) is 5.92. The van der Waals surface area contributed by atoms with Gasteiger partial charge in [-0.3, -0.25) is 4.79 Å². The minimum Gasteiger partial charge on any atom is -0.409 e. The van der Waals surface area contributed by atoms with Gasteiger partial charge in [0.15, 0.2) is 5.84 Å². The Morgan fingerprint density at radius 3 is 2.44 bits per heavy atom. The van der Waals surface area contributed by atoms with Gasteiger partial charge in [0.05, 0.1) is 13.2 Å². The molecule has 0 aromatic rings. The Morgan fingerprint density at radius 2 is 2.00 bits per heavy atom. The lowest BCUT2D eigenvalue weighted by Gasteiger charge is -2.31. The molecule has 0 aliphatic heterocycles. The van der Waals surface area contributed by atoms with E-state index in [0.29, 0.717) is 26.1 Å². The summed E-state index contributed by atoms with van der Waals surface area (Å²) < 4.78 is 9.90. The number of ether oxygens (including phenoxy) is 2. The molecular formula is C11H23N3O4. The number of rotatable bonds is 9. The van der Waals surface area contributed by atoms with Crippen molar-refractivity contribution in [1.29, 1.82) is 0 Å². The van der Waals surface area contributed by atoms with Gasteiger partial charge in [-0.2, -0.15) is 0 Å². The van der Waals surface area contributed by atoms with Gasteiger partial charge < -0.3 is 25.7 Å². The van der Waals surface area contributed by atoms with Crippen LogP contribution in [-0.4, -0.2) is 49.4 Å². The molecule has 18 heavy (non-hydrogen) atoms. The molecule has 0 spiro atoms. The van der Waals surface area contributed by atoms with E-state index >= 15 is 0 Å². The quantitative estimate of drug-likeness (QED) is 0.179. The molecule has 0 aliphatic rings. The summed E-state index contributed by atoms with van der Waals surface area (Å²) in [5, 5.41) is 14.5. The fourth-order valence-corrected chi connectivity index (χ4v) is 1.56. The number of nitrogens with two attached hydrogens (primary N) is 1. The van der Waals surface area contributed by atoms with Crippen LogP contribution in [0.2, 0.25) is 0 Å². The molecular weight excluding hydrogens is 238 g/mol. The van der Waals surface area contributed by atoms with Crippen molar-refractivity contribution in [3.63, 3.8) is 0 Å². The molecule has 7 heteroatoms. The summed E-state index contributed by atoms with van der Waals surface area (Å²) in [6, 6.07) is 0. The SMILES string of the molecule is CCC(CC)(NC(=O)COCCOC)C(N)=NO. The molecule has 0 fully saturated rings. The largest absolute Gasteiger partial charge is 0.409 e. The highest BCUT2D eigenvalue weighted by Crippen LogP contribution is 2.15. The molecule has 4 N–H and O–H groups in total. The number of hydrogen-bond acceptors (Lipinski definition) is 5. The topological polar surface area (TPSA) is 106 Å². The van der Waals surface area contributed by atoms with E-state index in [1.165, 1.54) is 0 Å². The molecule has 0 aromatic heterocycles. The Hall–Kier alpha value is -1.34. The Kier molecular flexibility index (Phi) is 8.06. The van der Waals surface area contributed by atoms with E-state index < -0.39 is 5.54 Å². The molecule has 1 amide bonds. The lowest BCUT2D eigenvalue weighted by molar-refractivity contribution is -0.127. The summed E-state index contributed by atoms with van der Waals surface area (Å²) in [4.78, 5) is 11.7. The second-order valence-electron chi connectivity index (χ2n) is 3.87. The summed E-state index contributed by atoms with van der Waals surface area (Å²) in [5.74, 6) is -0.306. The number of nitrogens with zero attached hydrogens (tertiary/aromatic N) is 1. The number of carbonyl (C=O) groups is 1. The average molecular weight is 261 g/mol. The van der Waals surface area contributed by atoms with Crippen LogP contribution in [0.25, 0.3) is 0 Å². The fraction of sp³-hybridized carbons (Fsp3) is 0.818. The number of hydrogen-bond donors (Lipinski definition) is 3. The van der Waals surface area contributed by atoms with Crippen molar-refractivity contribution in [2.75, 3.05) is 26.9 Å². The van der Waals surface area contributed by atoms with Crippen LogP contribution >= 0.6 is 0 Å². The van der Waals surface area contributed by atoms with Gasteiger partial charge in [-0.25, -0.2) is 0 Å². The summed E-state index contributed by atoms with van der Waals surface area (Å²) in [5.41, 5.74) is 4.80. The molecule has 0 saturated heterocycles. The van der Waals surface area contributed by atoms with Gasteiger partial charge in [0, 0.05) is 7.11 Å². The summed E-state index contributed by atoms with van der Waals surface area (Å²) in [6.45, 7) is 4.41. The highest BCUT2D eigenvalue weighted by Gasteiger charge is 2.33. The van der Waals surface area contributed by atoms with E-state index in [0.717, 1.165) is 0 Å². The van der Waals surface area contributed by atoms with Gasteiger partial charge in [0.1, 0.15) is 12.1 Å². The smallest absolute Gasteiger partial charge is 0.246 e. The Labute approximate surface area is 107 Å². The van der Waals surface area contributed by atoms with E-state index in [-0.39, 0.29) is 18.3 Å². The minimum absolute atomic E-state index is 0.00209. The van der Waals surface area contributed by atoms with Crippen LogP contribution in [0, 0.1) is 0 Å². The zero-order valence-electron chi connectivity index (χ0n) is 11.2.